The van der Waals surface area contributed by atoms with Crippen molar-refractivity contribution in [3.05, 3.63) is 29.3 Å². The summed E-state index contributed by atoms with van der Waals surface area (Å²) in [5.74, 6) is -0.483. The van der Waals surface area contributed by atoms with Gasteiger partial charge in [-0.15, -0.1) is 0 Å². The second-order valence-electron chi connectivity index (χ2n) is 2.45. The Bertz CT molecular complexity index is 347. The first-order chi connectivity index (χ1) is 6.19. The average Bonchev–Trinajstić information content (AvgIpc) is 2.17. The first-order valence-electron chi connectivity index (χ1n) is 3.62. The van der Waals surface area contributed by atoms with Crippen molar-refractivity contribution in [2.24, 2.45) is 0 Å². The van der Waals surface area contributed by atoms with Gasteiger partial charge in [0.2, 0.25) is 0 Å². The number of hydrogen-bond acceptors (Lipinski definition) is 4. The van der Waals surface area contributed by atoms with Crippen LogP contribution in [0.1, 0.15) is 20.7 Å². The van der Waals surface area contributed by atoms with E-state index in [2.05, 4.69) is 4.74 Å². The van der Waals surface area contributed by atoms with Crippen molar-refractivity contribution in [2.45, 2.75) is 0 Å². The third-order valence-electron chi connectivity index (χ3n) is 1.63. The molecule has 0 atom stereocenters. The summed E-state index contributed by atoms with van der Waals surface area (Å²) in [6.07, 6.45) is 0.599. The molecule has 4 nitrogen and oxygen atoms in total. The Hall–Kier alpha value is -1.84. The summed E-state index contributed by atoms with van der Waals surface area (Å²) in [7, 11) is 1.28. The maximum Gasteiger partial charge on any atom is 0.337 e. The van der Waals surface area contributed by atoms with Crippen molar-refractivity contribution in [3.63, 3.8) is 0 Å². The number of aldehydes is 1. The number of anilines is 1. The standard InChI is InChI=1S/C9H9NO3/c1-13-9(12)6-2-3-8(10)7(4-6)5-11/h2-5H,10H2,1H3. The molecule has 0 unspecified atom stereocenters. The number of ether oxygens (including phenoxy) is 1. The van der Waals surface area contributed by atoms with Crippen LogP contribution in [0.15, 0.2) is 18.2 Å². The van der Waals surface area contributed by atoms with Crippen LogP contribution in [-0.2, 0) is 4.74 Å². The largest absolute Gasteiger partial charge is 0.465 e. The van der Waals surface area contributed by atoms with Crippen LogP contribution in [0.4, 0.5) is 5.69 Å². The van der Waals surface area contributed by atoms with Gasteiger partial charge in [-0.1, -0.05) is 0 Å². The number of carbonyl (C=O) groups excluding carboxylic acids is 2. The van der Waals surface area contributed by atoms with E-state index in [-0.39, 0.29) is 0 Å². The van der Waals surface area contributed by atoms with Crippen LogP contribution in [0.25, 0.3) is 0 Å². The highest BCUT2D eigenvalue weighted by atomic mass is 16.5. The van der Waals surface area contributed by atoms with Gasteiger partial charge in [0.1, 0.15) is 0 Å². The number of carbonyl (C=O) groups is 2. The van der Waals surface area contributed by atoms with E-state index in [1.54, 1.807) is 0 Å². The van der Waals surface area contributed by atoms with Crippen LogP contribution in [0.5, 0.6) is 0 Å². The molecule has 0 radical (unpaired) electrons. The molecule has 0 saturated heterocycles. The van der Waals surface area contributed by atoms with Gasteiger partial charge in [-0.05, 0) is 18.2 Å². The lowest BCUT2D eigenvalue weighted by Crippen LogP contribution is -2.03. The van der Waals surface area contributed by atoms with E-state index in [1.807, 2.05) is 0 Å². The smallest absolute Gasteiger partial charge is 0.337 e. The number of esters is 1. The van der Waals surface area contributed by atoms with Gasteiger partial charge in [0.25, 0.3) is 0 Å². The highest BCUT2D eigenvalue weighted by Crippen LogP contribution is 2.12. The van der Waals surface area contributed by atoms with E-state index < -0.39 is 5.97 Å². The van der Waals surface area contributed by atoms with Gasteiger partial charge < -0.3 is 10.5 Å². The van der Waals surface area contributed by atoms with Crippen LogP contribution in [0.3, 0.4) is 0 Å². The fraction of sp³-hybridized carbons (Fsp3) is 0.111. The average molecular weight is 179 g/mol. The second kappa shape index (κ2) is 3.71. The fourth-order valence-electron chi connectivity index (χ4n) is 0.922. The highest BCUT2D eigenvalue weighted by Gasteiger charge is 2.07. The lowest BCUT2D eigenvalue weighted by Gasteiger charge is -2.01. The van der Waals surface area contributed by atoms with Crippen LogP contribution in [0, 0.1) is 0 Å². The van der Waals surface area contributed by atoms with Gasteiger partial charge in [-0.2, -0.15) is 0 Å². The molecule has 2 N–H and O–H groups in total. The van der Waals surface area contributed by atoms with Gasteiger partial charge >= 0.3 is 5.97 Å². The quantitative estimate of drug-likeness (QED) is 0.415. The summed E-state index contributed by atoms with van der Waals surface area (Å²) in [5.41, 5.74) is 6.42. The van der Waals surface area contributed by atoms with E-state index in [1.165, 1.54) is 25.3 Å². The van der Waals surface area contributed by atoms with E-state index in [0.717, 1.165) is 0 Å². The molecular formula is C9H9NO3. The minimum Gasteiger partial charge on any atom is -0.465 e. The summed E-state index contributed by atoms with van der Waals surface area (Å²) < 4.78 is 4.48. The molecule has 13 heavy (non-hydrogen) atoms. The van der Waals surface area contributed by atoms with Gasteiger partial charge in [0.15, 0.2) is 6.29 Å². The molecule has 0 aliphatic heterocycles. The molecule has 0 bridgehead atoms. The minimum absolute atomic E-state index is 0.294. The molecule has 4 heteroatoms. The number of rotatable bonds is 2. The molecule has 0 aliphatic carbocycles. The maximum atomic E-state index is 11.0. The zero-order valence-electron chi connectivity index (χ0n) is 7.11. The van der Waals surface area contributed by atoms with Crippen molar-refractivity contribution < 1.29 is 14.3 Å². The predicted molar refractivity (Wildman–Crippen MR) is 47.6 cm³/mol. The van der Waals surface area contributed by atoms with E-state index >= 15 is 0 Å². The van der Waals surface area contributed by atoms with Crippen LogP contribution in [0.2, 0.25) is 0 Å². The third kappa shape index (κ3) is 1.84. The summed E-state index contributed by atoms with van der Waals surface area (Å²) in [6, 6.07) is 4.40. The van der Waals surface area contributed by atoms with Gasteiger partial charge in [0, 0.05) is 11.3 Å². The topological polar surface area (TPSA) is 69.4 Å². The third-order valence-corrected chi connectivity index (χ3v) is 1.63. The molecule has 0 saturated carbocycles. The zero-order valence-corrected chi connectivity index (χ0v) is 7.11. The molecule has 0 fully saturated rings. The second-order valence-corrected chi connectivity index (χ2v) is 2.45. The number of nitrogens with two attached hydrogens (primary N) is 1. The summed E-state index contributed by atoms with van der Waals surface area (Å²) in [6.45, 7) is 0. The molecule has 0 aromatic heterocycles. The Morgan fingerprint density at radius 1 is 1.54 bits per heavy atom. The normalized spacial score (nSPS) is 9.31. The van der Waals surface area contributed by atoms with E-state index in [0.29, 0.717) is 23.1 Å². The predicted octanol–water partition coefficient (Wildman–Crippen LogP) is 0.868. The zero-order chi connectivity index (χ0) is 9.84. The molecule has 68 valence electrons. The number of benzene rings is 1. The highest BCUT2D eigenvalue weighted by molar-refractivity contribution is 5.93. The van der Waals surface area contributed by atoms with Crippen molar-refractivity contribution >= 4 is 17.9 Å². The van der Waals surface area contributed by atoms with Crippen molar-refractivity contribution in [1.29, 1.82) is 0 Å². The maximum absolute atomic E-state index is 11.0. The van der Waals surface area contributed by atoms with Crippen molar-refractivity contribution in [1.82, 2.24) is 0 Å². The number of methoxy groups -OCH3 is 1. The van der Waals surface area contributed by atoms with E-state index in [9.17, 15) is 9.59 Å². The van der Waals surface area contributed by atoms with Crippen molar-refractivity contribution in [3.8, 4) is 0 Å². The Labute approximate surface area is 75.3 Å². The Morgan fingerprint density at radius 2 is 2.23 bits per heavy atom. The molecule has 0 heterocycles. The van der Waals surface area contributed by atoms with Gasteiger partial charge in [0.05, 0.1) is 12.7 Å². The Morgan fingerprint density at radius 3 is 2.77 bits per heavy atom. The van der Waals surface area contributed by atoms with Crippen molar-refractivity contribution in [2.75, 3.05) is 12.8 Å². The van der Waals surface area contributed by atoms with Gasteiger partial charge in [-0.25, -0.2) is 4.79 Å². The SMILES string of the molecule is COC(=O)c1ccc(N)c(C=O)c1. The Balaban J connectivity index is 3.13. The van der Waals surface area contributed by atoms with Gasteiger partial charge in [-0.3, -0.25) is 4.79 Å². The fourth-order valence-corrected chi connectivity index (χ4v) is 0.922. The lowest BCUT2D eigenvalue weighted by molar-refractivity contribution is 0.0601. The lowest BCUT2D eigenvalue weighted by atomic mass is 10.1. The first-order valence-corrected chi connectivity index (χ1v) is 3.62. The Kier molecular flexibility index (Phi) is 2.64. The first kappa shape index (κ1) is 9.25. The summed E-state index contributed by atoms with van der Waals surface area (Å²) in [4.78, 5) is 21.5. The van der Waals surface area contributed by atoms with Crippen LogP contribution >= 0.6 is 0 Å². The molecule has 1 aromatic carbocycles. The molecular weight excluding hydrogens is 170 g/mol. The summed E-state index contributed by atoms with van der Waals surface area (Å²) >= 11 is 0. The molecule has 1 aromatic rings. The number of hydrogen-bond donors (Lipinski definition) is 1. The molecule has 0 spiro atoms. The van der Waals surface area contributed by atoms with E-state index in [4.69, 9.17) is 5.73 Å². The minimum atomic E-state index is -0.483. The number of nitrogen functional groups attached to an aromatic ring is 1. The van der Waals surface area contributed by atoms with Crippen LogP contribution < -0.4 is 5.73 Å². The molecule has 0 amide bonds. The monoisotopic (exact) mass is 179 g/mol. The molecule has 0 aliphatic rings. The summed E-state index contributed by atoms with van der Waals surface area (Å²) in [5, 5.41) is 0. The molecule has 1 rings (SSSR count). The van der Waals surface area contributed by atoms with Crippen LogP contribution in [-0.4, -0.2) is 19.4 Å².